The smallest absolute Gasteiger partial charge is 0.185 e. The first-order chi connectivity index (χ1) is 18.9. The number of fused-ring (bicyclic) bond motifs is 5. The third-order valence-corrected chi connectivity index (χ3v) is 14.4. The number of aliphatic hydroxyl groups excluding tert-OH is 2. The lowest BCUT2D eigenvalue weighted by atomic mass is 9.41. The van der Waals surface area contributed by atoms with Crippen LogP contribution in [0.25, 0.3) is 0 Å². The van der Waals surface area contributed by atoms with Gasteiger partial charge in [-0.1, -0.05) is 58.7 Å². The lowest BCUT2D eigenvalue weighted by Gasteiger charge is -2.64. The van der Waals surface area contributed by atoms with E-state index in [0.717, 1.165) is 38.5 Å². The van der Waals surface area contributed by atoms with E-state index in [2.05, 4.69) is 27.7 Å². The molecule has 0 bridgehead atoms. The molecule has 1 aromatic rings. The Balaban J connectivity index is 1.22. The van der Waals surface area contributed by atoms with Gasteiger partial charge in [-0.3, -0.25) is 4.79 Å². The summed E-state index contributed by atoms with van der Waals surface area (Å²) < 4.78 is 25.2. The van der Waals surface area contributed by atoms with Crippen LogP contribution < -0.4 is 0 Å². The van der Waals surface area contributed by atoms with E-state index in [1.165, 1.54) is 25.7 Å². The molecule has 4 aliphatic rings. The molecule has 1 aromatic carbocycles. The van der Waals surface area contributed by atoms with Gasteiger partial charge in [0, 0.05) is 6.42 Å². The minimum Gasteiger partial charge on any atom is -0.393 e. The third-order valence-electron chi connectivity index (χ3n) is 12.7. The molecule has 0 radical (unpaired) electrons. The molecule has 4 aliphatic carbocycles. The molecule has 0 spiro atoms. The Hall–Kier alpha value is -1.24. The highest BCUT2D eigenvalue weighted by Crippen LogP contribution is 2.69. The molecule has 6 heteroatoms. The largest absolute Gasteiger partial charge is 0.393 e. The lowest BCUT2D eigenvalue weighted by molar-refractivity contribution is -0.203. The molecular weight excluding hydrogens is 520 g/mol. The molecule has 11 atom stereocenters. The van der Waals surface area contributed by atoms with Crippen molar-refractivity contribution < 1.29 is 23.4 Å². The Kier molecular flexibility index (Phi) is 8.65. The molecule has 4 saturated carbocycles. The molecule has 2 N–H and O–H groups in total. The number of carbonyl (C=O) groups is 1. The van der Waals surface area contributed by atoms with Crippen LogP contribution in [0.5, 0.6) is 0 Å². The van der Waals surface area contributed by atoms with Gasteiger partial charge < -0.3 is 10.2 Å². The molecule has 1 unspecified atom stereocenters. The van der Waals surface area contributed by atoms with Gasteiger partial charge in [0.05, 0.1) is 17.1 Å². The van der Waals surface area contributed by atoms with Gasteiger partial charge in [-0.2, -0.15) is 0 Å². The van der Waals surface area contributed by atoms with Crippen LogP contribution in [-0.4, -0.2) is 42.4 Å². The number of Topliss-reactive ketones (excluding diaryl/α,β-unsaturated/α-hetero) is 1. The van der Waals surface area contributed by atoms with Gasteiger partial charge in [0.2, 0.25) is 0 Å². The van der Waals surface area contributed by atoms with E-state index in [9.17, 15) is 23.4 Å². The highest BCUT2D eigenvalue weighted by molar-refractivity contribution is 7.92. The average molecular weight is 573 g/mol. The van der Waals surface area contributed by atoms with Crippen LogP contribution in [0.1, 0.15) is 98.3 Å². The predicted molar refractivity (Wildman–Crippen MR) is 158 cm³/mol. The Morgan fingerprint density at radius 3 is 2.35 bits per heavy atom. The summed E-state index contributed by atoms with van der Waals surface area (Å²) in [5.74, 6) is 2.56. The normalized spacial score (nSPS) is 42.0. The summed E-state index contributed by atoms with van der Waals surface area (Å²) >= 11 is 0. The second-order valence-electron chi connectivity index (χ2n) is 14.6. The maximum Gasteiger partial charge on any atom is 0.185 e. The number of sulfone groups is 1. The van der Waals surface area contributed by atoms with Crippen molar-refractivity contribution >= 4 is 15.6 Å². The van der Waals surface area contributed by atoms with Gasteiger partial charge in [0.25, 0.3) is 0 Å². The fraction of sp³-hybridized carbons (Fsp3) is 0.794. The van der Waals surface area contributed by atoms with Crippen molar-refractivity contribution in [2.45, 2.75) is 115 Å². The first-order valence-electron chi connectivity index (χ1n) is 16.1. The van der Waals surface area contributed by atoms with Gasteiger partial charge in [0.1, 0.15) is 11.5 Å². The molecule has 0 aliphatic heterocycles. The van der Waals surface area contributed by atoms with Crippen LogP contribution in [0.3, 0.4) is 0 Å². The number of hydrogen-bond acceptors (Lipinski definition) is 5. The van der Waals surface area contributed by atoms with Crippen LogP contribution in [-0.2, 0) is 14.6 Å². The van der Waals surface area contributed by atoms with Crippen molar-refractivity contribution in [3.8, 4) is 0 Å². The zero-order valence-corrected chi connectivity index (χ0v) is 25.9. The van der Waals surface area contributed by atoms with Crippen LogP contribution >= 0.6 is 0 Å². The first-order valence-corrected chi connectivity index (χ1v) is 17.7. The number of aliphatic hydroxyl groups is 2. The highest BCUT2D eigenvalue weighted by Gasteiger charge is 2.64. The second-order valence-corrected chi connectivity index (χ2v) is 16.6. The highest BCUT2D eigenvalue weighted by atomic mass is 32.2. The minimum atomic E-state index is -3.58. The summed E-state index contributed by atoms with van der Waals surface area (Å²) in [6, 6.07) is 8.27. The molecule has 4 fully saturated rings. The lowest BCUT2D eigenvalue weighted by Crippen LogP contribution is -2.62. The van der Waals surface area contributed by atoms with Crippen molar-refractivity contribution in [2.24, 2.45) is 52.3 Å². The molecule has 0 heterocycles. The minimum absolute atomic E-state index is 0.191. The Bertz CT molecular complexity index is 1150. The Labute approximate surface area is 242 Å². The molecule has 0 saturated heterocycles. The van der Waals surface area contributed by atoms with Crippen molar-refractivity contribution in [2.75, 3.05) is 5.75 Å². The molecule has 224 valence electrons. The SMILES string of the molecule is CC[C@H]1[C@@H](O)[C@@H]2[C@H](CC[C@]3(C)C([C@H](C)CCCC(=O)CS(=O)(=O)c4ccccc4)CC[C@@H]23)[C@@]2(C)CC[C@@H](O)C[C@@H]12. The molecule has 40 heavy (non-hydrogen) atoms. The van der Waals surface area contributed by atoms with E-state index in [0.29, 0.717) is 41.9 Å². The maximum absolute atomic E-state index is 12.6. The maximum atomic E-state index is 12.6. The Morgan fingerprint density at radius 1 is 0.975 bits per heavy atom. The van der Waals surface area contributed by atoms with E-state index in [1.807, 2.05) is 0 Å². The van der Waals surface area contributed by atoms with E-state index in [4.69, 9.17) is 0 Å². The third kappa shape index (κ3) is 5.24. The zero-order valence-electron chi connectivity index (χ0n) is 25.1. The summed E-state index contributed by atoms with van der Waals surface area (Å²) in [7, 11) is -3.58. The molecule has 5 nitrogen and oxygen atoms in total. The van der Waals surface area contributed by atoms with Crippen LogP contribution in [0.4, 0.5) is 0 Å². The molecule has 0 amide bonds. The molecular formula is C34H52O5S. The van der Waals surface area contributed by atoms with Gasteiger partial charge in [0.15, 0.2) is 9.84 Å². The number of benzene rings is 1. The van der Waals surface area contributed by atoms with Crippen molar-refractivity contribution in [3.63, 3.8) is 0 Å². The molecule has 0 aromatic heterocycles. The van der Waals surface area contributed by atoms with Gasteiger partial charge in [-0.05, 0) is 116 Å². The predicted octanol–water partition coefficient (Wildman–Crippen LogP) is 6.46. The average Bonchev–Trinajstić information content (AvgIpc) is 3.27. The van der Waals surface area contributed by atoms with E-state index >= 15 is 0 Å². The first kappa shape index (κ1) is 30.2. The van der Waals surface area contributed by atoms with Crippen LogP contribution in [0, 0.1) is 52.3 Å². The van der Waals surface area contributed by atoms with Gasteiger partial charge in [-0.25, -0.2) is 8.42 Å². The summed E-state index contributed by atoms with van der Waals surface area (Å²) in [5, 5.41) is 22.4. The zero-order chi connectivity index (χ0) is 28.9. The summed E-state index contributed by atoms with van der Waals surface area (Å²) in [6.45, 7) is 9.54. The Morgan fingerprint density at radius 2 is 1.65 bits per heavy atom. The number of rotatable bonds is 9. The van der Waals surface area contributed by atoms with Crippen molar-refractivity contribution in [1.82, 2.24) is 0 Å². The fourth-order valence-corrected chi connectivity index (χ4v) is 12.1. The summed E-state index contributed by atoms with van der Waals surface area (Å²) in [5.41, 5.74) is 0.424. The number of hydrogen-bond donors (Lipinski definition) is 2. The van der Waals surface area contributed by atoms with Crippen molar-refractivity contribution in [1.29, 1.82) is 0 Å². The fourth-order valence-electron chi connectivity index (χ4n) is 10.8. The van der Waals surface area contributed by atoms with Crippen LogP contribution in [0.15, 0.2) is 35.2 Å². The molecule has 5 rings (SSSR count). The topological polar surface area (TPSA) is 91.7 Å². The van der Waals surface area contributed by atoms with Crippen molar-refractivity contribution in [3.05, 3.63) is 30.3 Å². The van der Waals surface area contributed by atoms with Crippen LogP contribution in [0.2, 0.25) is 0 Å². The van der Waals surface area contributed by atoms with E-state index in [1.54, 1.807) is 30.3 Å². The summed E-state index contributed by atoms with van der Waals surface area (Å²) in [4.78, 5) is 12.8. The summed E-state index contributed by atoms with van der Waals surface area (Å²) in [6.07, 6.45) is 10.1. The monoisotopic (exact) mass is 572 g/mol. The number of ketones is 1. The van der Waals surface area contributed by atoms with E-state index < -0.39 is 15.6 Å². The van der Waals surface area contributed by atoms with Gasteiger partial charge >= 0.3 is 0 Å². The second kappa shape index (κ2) is 11.4. The van der Waals surface area contributed by atoms with E-state index in [-0.39, 0.29) is 39.6 Å². The van der Waals surface area contributed by atoms with Gasteiger partial charge in [-0.15, -0.1) is 0 Å². The standard InChI is InChI=1S/C34H52O5S/c1-5-26-30-20-23(35)16-18-34(30,4)29-17-19-33(3)27(14-15-28(33)31(29)32(26)37)22(2)10-9-11-24(36)21-40(38,39)25-12-7-6-8-13-25/h6-8,12-13,22-23,26-32,35,37H,5,9-11,14-21H2,1-4H3/t22-,23-,26-,27?,28+,29+,30+,31+,32-,33-,34-/m1/s1. The number of carbonyl (C=O) groups excluding carboxylic acids is 1. The quantitative estimate of drug-likeness (QED) is 0.354.